The average molecular weight is 288 g/mol. The van der Waals surface area contributed by atoms with E-state index in [-0.39, 0.29) is 0 Å². The van der Waals surface area contributed by atoms with Gasteiger partial charge >= 0.3 is 0 Å². The molecule has 2 aromatic rings. The molecule has 1 aliphatic heterocycles. The fourth-order valence-electron chi connectivity index (χ4n) is 3.60. The SMILES string of the molecule is Cc1ccsc1-c1nc2n(n1)C(C1CCCC1)CCN2. The molecule has 1 N–H and O–H groups in total. The summed E-state index contributed by atoms with van der Waals surface area (Å²) in [7, 11) is 0. The molecule has 3 heterocycles. The molecule has 20 heavy (non-hydrogen) atoms. The standard InChI is InChI=1S/C15H20N4S/c1-10-7-9-20-13(10)14-17-15-16-8-6-12(19(15)18-14)11-4-2-3-5-11/h7,9,11-12H,2-6,8H2,1H3,(H,16,17,18). The van der Waals surface area contributed by atoms with Crippen molar-refractivity contribution in [2.75, 3.05) is 11.9 Å². The first-order valence-electron chi connectivity index (χ1n) is 7.58. The van der Waals surface area contributed by atoms with Crippen LogP contribution in [0.1, 0.15) is 43.7 Å². The number of anilines is 1. The quantitative estimate of drug-likeness (QED) is 0.912. The lowest BCUT2D eigenvalue weighted by atomic mass is 9.95. The second-order valence-corrected chi connectivity index (χ2v) is 6.88. The van der Waals surface area contributed by atoms with Gasteiger partial charge in [0.2, 0.25) is 5.95 Å². The lowest BCUT2D eigenvalue weighted by molar-refractivity contribution is 0.290. The Morgan fingerprint density at radius 2 is 2.15 bits per heavy atom. The van der Waals surface area contributed by atoms with Crippen LogP contribution in [-0.2, 0) is 0 Å². The molecule has 5 heteroatoms. The number of fused-ring (bicyclic) bond motifs is 1. The van der Waals surface area contributed by atoms with E-state index in [9.17, 15) is 0 Å². The van der Waals surface area contributed by atoms with Gasteiger partial charge in [-0.1, -0.05) is 12.8 Å². The van der Waals surface area contributed by atoms with Gasteiger partial charge in [-0.3, -0.25) is 0 Å². The number of aryl methyl sites for hydroxylation is 1. The monoisotopic (exact) mass is 288 g/mol. The second-order valence-electron chi connectivity index (χ2n) is 5.96. The van der Waals surface area contributed by atoms with Crippen molar-refractivity contribution in [1.82, 2.24) is 14.8 Å². The van der Waals surface area contributed by atoms with Gasteiger partial charge in [-0.15, -0.1) is 16.4 Å². The van der Waals surface area contributed by atoms with E-state index >= 15 is 0 Å². The highest BCUT2D eigenvalue weighted by Crippen LogP contribution is 2.39. The average Bonchev–Trinajstić information content (AvgIpc) is 3.17. The maximum atomic E-state index is 4.83. The van der Waals surface area contributed by atoms with Gasteiger partial charge < -0.3 is 5.32 Å². The molecule has 106 valence electrons. The molecule has 2 aromatic heterocycles. The van der Waals surface area contributed by atoms with Gasteiger partial charge in [0.05, 0.1) is 10.9 Å². The zero-order valence-electron chi connectivity index (χ0n) is 11.8. The summed E-state index contributed by atoms with van der Waals surface area (Å²) in [5.41, 5.74) is 1.27. The van der Waals surface area contributed by atoms with Gasteiger partial charge in [0, 0.05) is 6.54 Å². The van der Waals surface area contributed by atoms with Crippen molar-refractivity contribution < 1.29 is 0 Å². The Morgan fingerprint density at radius 3 is 2.90 bits per heavy atom. The van der Waals surface area contributed by atoms with Crippen LogP contribution in [0.5, 0.6) is 0 Å². The van der Waals surface area contributed by atoms with E-state index in [1.54, 1.807) is 11.3 Å². The third kappa shape index (κ3) is 1.95. The summed E-state index contributed by atoms with van der Waals surface area (Å²) in [4.78, 5) is 5.93. The largest absolute Gasteiger partial charge is 0.354 e. The number of hydrogen-bond donors (Lipinski definition) is 1. The van der Waals surface area contributed by atoms with E-state index in [0.717, 1.165) is 24.2 Å². The Kier molecular flexibility index (Phi) is 3.02. The maximum Gasteiger partial charge on any atom is 0.222 e. The van der Waals surface area contributed by atoms with E-state index < -0.39 is 0 Å². The molecular formula is C15H20N4S. The normalized spacial score (nSPS) is 22.8. The number of rotatable bonds is 2. The minimum absolute atomic E-state index is 0.551. The second kappa shape index (κ2) is 4.88. The van der Waals surface area contributed by atoms with Gasteiger partial charge in [0.1, 0.15) is 0 Å². The fraction of sp³-hybridized carbons (Fsp3) is 0.600. The van der Waals surface area contributed by atoms with Crippen molar-refractivity contribution in [3.8, 4) is 10.7 Å². The molecular weight excluding hydrogens is 268 g/mol. The molecule has 0 radical (unpaired) electrons. The first-order chi connectivity index (χ1) is 9.83. The van der Waals surface area contributed by atoms with Crippen LogP contribution in [0.4, 0.5) is 5.95 Å². The van der Waals surface area contributed by atoms with Crippen LogP contribution in [0.3, 0.4) is 0 Å². The van der Waals surface area contributed by atoms with Crippen LogP contribution in [-0.4, -0.2) is 21.3 Å². The van der Waals surface area contributed by atoms with Crippen molar-refractivity contribution in [1.29, 1.82) is 0 Å². The van der Waals surface area contributed by atoms with Crippen molar-refractivity contribution in [2.24, 2.45) is 5.92 Å². The summed E-state index contributed by atoms with van der Waals surface area (Å²) < 4.78 is 2.17. The van der Waals surface area contributed by atoms with E-state index in [1.807, 2.05) is 0 Å². The molecule has 2 aliphatic rings. The Balaban J connectivity index is 1.71. The minimum atomic E-state index is 0.551. The van der Waals surface area contributed by atoms with Gasteiger partial charge in [-0.05, 0) is 49.1 Å². The Bertz CT molecular complexity index is 609. The number of thiophene rings is 1. The summed E-state index contributed by atoms with van der Waals surface area (Å²) in [6.07, 6.45) is 6.67. The van der Waals surface area contributed by atoms with Crippen molar-refractivity contribution in [3.63, 3.8) is 0 Å². The summed E-state index contributed by atoms with van der Waals surface area (Å²) in [5, 5.41) is 10.4. The first kappa shape index (κ1) is 12.4. The predicted octanol–water partition coefficient (Wildman–Crippen LogP) is 3.86. The Morgan fingerprint density at radius 1 is 1.30 bits per heavy atom. The molecule has 1 fully saturated rings. The van der Waals surface area contributed by atoms with Crippen LogP contribution in [0.25, 0.3) is 10.7 Å². The van der Waals surface area contributed by atoms with Crippen LogP contribution < -0.4 is 5.32 Å². The molecule has 0 bridgehead atoms. The molecule has 1 saturated carbocycles. The zero-order chi connectivity index (χ0) is 13.5. The summed E-state index contributed by atoms with van der Waals surface area (Å²) in [5.74, 6) is 2.66. The highest BCUT2D eigenvalue weighted by molar-refractivity contribution is 7.13. The van der Waals surface area contributed by atoms with E-state index in [0.29, 0.717) is 6.04 Å². The van der Waals surface area contributed by atoms with Crippen LogP contribution in [0, 0.1) is 12.8 Å². The fourth-order valence-corrected chi connectivity index (χ4v) is 4.46. The topological polar surface area (TPSA) is 42.7 Å². The van der Waals surface area contributed by atoms with Crippen molar-refractivity contribution in [2.45, 2.75) is 45.1 Å². The molecule has 0 amide bonds. The summed E-state index contributed by atoms with van der Waals surface area (Å²) in [6, 6.07) is 2.69. The van der Waals surface area contributed by atoms with Gasteiger partial charge in [0.25, 0.3) is 0 Å². The van der Waals surface area contributed by atoms with Crippen molar-refractivity contribution >= 4 is 17.3 Å². The molecule has 0 spiro atoms. The third-order valence-corrected chi connectivity index (χ3v) is 5.69. The summed E-state index contributed by atoms with van der Waals surface area (Å²) in [6.45, 7) is 3.16. The van der Waals surface area contributed by atoms with E-state index in [2.05, 4.69) is 28.4 Å². The third-order valence-electron chi connectivity index (χ3n) is 4.68. The molecule has 4 nitrogen and oxygen atoms in total. The van der Waals surface area contributed by atoms with E-state index in [4.69, 9.17) is 10.1 Å². The highest BCUT2D eigenvalue weighted by atomic mass is 32.1. The number of hydrogen-bond acceptors (Lipinski definition) is 4. The van der Waals surface area contributed by atoms with Gasteiger partial charge in [-0.2, -0.15) is 4.98 Å². The molecule has 4 rings (SSSR count). The number of nitrogens with zero attached hydrogens (tertiary/aromatic N) is 3. The van der Waals surface area contributed by atoms with Crippen LogP contribution in [0.15, 0.2) is 11.4 Å². The molecule has 1 aliphatic carbocycles. The highest BCUT2D eigenvalue weighted by Gasteiger charge is 2.32. The lowest BCUT2D eigenvalue weighted by Gasteiger charge is -2.28. The molecule has 0 aromatic carbocycles. The number of aromatic nitrogens is 3. The smallest absolute Gasteiger partial charge is 0.222 e. The van der Waals surface area contributed by atoms with Gasteiger partial charge in [0.15, 0.2) is 5.82 Å². The predicted molar refractivity (Wildman–Crippen MR) is 82.2 cm³/mol. The van der Waals surface area contributed by atoms with Crippen molar-refractivity contribution in [3.05, 3.63) is 17.0 Å². The maximum absolute atomic E-state index is 4.83. The van der Waals surface area contributed by atoms with Gasteiger partial charge in [-0.25, -0.2) is 4.68 Å². The van der Waals surface area contributed by atoms with Crippen LogP contribution >= 0.6 is 11.3 Å². The van der Waals surface area contributed by atoms with E-state index in [1.165, 1.54) is 42.5 Å². The molecule has 1 unspecified atom stereocenters. The minimum Gasteiger partial charge on any atom is -0.354 e. The Labute approximate surface area is 123 Å². The lowest BCUT2D eigenvalue weighted by Crippen LogP contribution is -2.28. The first-order valence-corrected chi connectivity index (χ1v) is 8.46. The summed E-state index contributed by atoms with van der Waals surface area (Å²) >= 11 is 1.73. The molecule has 1 atom stereocenters. The molecule has 0 saturated heterocycles. The number of nitrogens with one attached hydrogen (secondary N) is 1. The zero-order valence-corrected chi connectivity index (χ0v) is 12.6. The van der Waals surface area contributed by atoms with Crippen LogP contribution in [0.2, 0.25) is 0 Å². The Hall–Kier alpha value is -1.36.